The maximum atomic E-state index is 5.84. The van der Waals surface area contributed by atoms with Crippen molar-refractivity contribution in [1.29, 1.82) is 0 Å². The second-order valence-electron chi connectivity index (χ2n) is 3.06. The Morgan fingerprint density at radius 3 is 2.92 bits per heavy atom. The van der Waals surface area contributed by atoms with Crippen LogP contribution in [0.25, 0.3) is 10.1 Å². The van der Waals surface area contributed by atoms with Crippen molar-refractivity contribution in [2.75, 3.05) is 5.73 Å². The zero-order chi connectivity index (χ0) is 9.42. The number of nitrogen functional groups attached to an aromatic ring is 1. The molecule has 0 aliphatic heterocycles. The number of halogens is 1. The highest BCUT2D eigenvalue weighted by atomic mass is 79.9. The van der Waals surface area contributed by atoms with E-state index < -0.39 is 0 Å². The molecule has 1 aromatic carbocycles. The fourth-order valence-corrected chi connectivity index (χ4v) is 3.41. The van der Waals surface area contributed by atoms with Crippen molar-refractivity contribution in [1.82, 2.24) is 0 Å². The average Bonchev–Trinajstić information content (AvgIpc) is 2.48. The van der Waals surface area contributed by atoms with Crippen molar-refractivity contribution < 1.29 is 0 Å². The summed E-state index contributed by atoms with van der Waals surface area (Å²) < 4.78 is 1.31. The number of thiophene rings is 1. The standard InChI is InChI=1S/C10H10BrNS/c1-6-2-3-7-9(12)5-13-10(7)8(6)4-11/h2-3,5H,4,12H2,1H3. The molecular formula is C10H10BrNS. The minimum Gasteiger partial charge on any atom is -0.398 e. The summed E-state index contributed by atoms with van der Waals surface area (Å²) in [7, 11) is 0. The molecule has 1 aromatic heterocycles. The van der Waals surface area contributed by atoms with Crippen molar-refractivity contribution in [2.45, 2.75) is 12.3 Å². The molecule has 0 spiro atoms. The van der Waals surface area contributed by atoms with Gasteiger partial charge in [-0.05, 0) is 18.1 Å². The summed E-state index contributed by atoms with van der Waals surface area (Å²) in [5.41, 5.74) is 9.42. The molecule has 0 fully saturated rings. The molecule has 1 heterocycles. The van der Waals surface area contributed by atoms with Gasteiger partial charge in [0.15, 0.2) is 0 Å². The van der Waals surface area contributed by atoms with Gasteiger partial charge in [-0.2, -0.15) is 0 Å². The molecule has 13 heavy (non-hydrogen) atoms. The number of hydrogen-bond acceptors (Lipinski definition) is 2. The van der Waals surface area contributed by atoms with Crippen LogP contribution < -0.4 is 5.73 Å². The third-order valence-electron chi connectivity index (χ3n) is 2.24. The van der Waals surface area contributed by atoms with E-state index in [2.05, 4.69) is 35.0 Å². The molecule has 3 heteroatoms. The number of rotatable bonds is 1. The molecule has 68 valence electrons. The molecule has 2 N–H and O–H groups in total. The Bertz CT molecular complexity index is 447. The minimum atomic E-state index is 0.891. The highest BCUT2D eigenvalue weighted by Crippen LogP contribution is 2.33. The largest absolute Gasteiger partial charge is 0.398 e. The van der Waals surface area contributed by atoms with E-state index in [0.717, 1.165) is 11.0 Å². The van der Waals surface area contributed by atoms with Gasteiger partial charge in [0, 0.05) is 20.8 Å². The number of fused-ring (bicyclic) bond motifs is 1. The lowest BCUT2D eigenvalue weighted by Gasteiger charge is -2.03. The van der Waals surface area contributed by atoms with Crippen LogP contribution >= 0.6 is 27.3 Å². The third kappa shape index (κ3) is 1.36. The zero-order valence-electron chi connectivity index (χ0n) is 7.30. The number of nitrogens with two attached hydrogens (primary N) is 1. The first kappa shape index (κ1) is 9.03. The van der Waals surface area contributed by atoms with Gasteiger partial charge in [-0.3, -0.25) is 0 Å². The predicted octanol–water partition coefficient (Wildman–Crippen LogP) is 3.69. The maximum absolute atomic E-state index is 5.84. The third-order valence-corrected chi connectivity index (χ3v) is 3.88. The van der Waals surface area contributed by atoms with Gasteiger partial charge in [0.25, 0.3) is 0 Å². The molecule has 0 bridgehead atoms. The lowest BCUT2D eigenvalue weighted by atomic mass is 10.1. The van der Waals surface area contributed by atoms with Gasteiger partial charge < -0.3 is 5.73 Å². The van der Waals surface area contributed by atoms with Gasteiger partial charge in [0.2, 0.25) is 0 Å². The Labute approximate surface area is 89.7 Å². The number of alkyl halides is 1. The van der Waals surface area contributed by atoms with Gasteiger partial charge in [-0.15, -0.1) is 11.3 Å². The van der Waals surface area contributed by atoms with Crippen molar-refractivity contribution in [3.8, 4) is 0 Å². The molecule has 0 unspecified atom stereocenters. The molecule has 0 amide bonds. The van der Waals surface area contributed by atoms with Crippen molar-refractivity contribution in [3.63, 3.8) is 0 Å². The Balaban J connectivity index is 2.85. The summed E-state index contributed by atoms with van der Waals surface area (Å²) in [4.78, 5) is 0. The van der Waals surface area contributed by atoms with Crippen LogP contribution in [0, 0.1) is 6.92 Å². The quantitative estimate of drug-likeness (QED) is 0.774. The SMILES string of the molecule is Cc1ccc2c(N)csc2c1CBr. The van der Waals surface area contributed by atoms with Crippen LogP contribution in [0.1, 0.15) is 11.1 Å². The van der Waals surface area contributed by atoms with Gasteiger partial charge >= 0.3 is 0 Å². The molecule has 0 aliphatic rings. The first-order chi connectivity index (χ1) is 6.24. The summed E-state index contributed by atoms with van der Waals surface area (Å²) in [6, 6.07) is 4.23. The first-order valence-corrected chi connectivity index (χ1v) is 6.05. The smallest absolute Gasteiger partial charge is 0.0502 e. The van der Waals surface area contributed by atoms with Gasteiger partial charge in [0.1, 0.15) is 0 Å². The number of aryl methyl sites for hydroxylation is 1. The highest BCUT2D eigenvalue weighted by molar-refractivity contribution is 9.08. The monoisotopic (exact) mass is 255 g/mol. The Hall–Kier alpha value is -0.540. The van der Waals surface area contributed by atoms with Crippen LogP contribution in [0.5, 0.6) is 0 Å². The molecule has 0 radical (unpaired) electrons. The van der Waals surface area contributed by atoms with E-state index in [1.807, 2.05) is 5.38 Å². The lowest BCUT2D eigenvalue weighted by Crippen LogP contribution is -1.86. The van der Waals surface area contributed by atoms with Crippen molar-refractivity contribution in [3.05, 3.63) is 28.6 Å². The van der Waals surface area contributed by atoms with Gasteiger partial charge in [-0.25, -0.2) is 0 Å². The van der Waals surface area contributed by atoms with Crippen molar-refractivity contribution in [2.24, 2.45) is 0 Å². The second-order valence-corrected chi connectivity index (χ2v) is 4.50. The Morgan fingerprint density at radius 2 is 2.23 bits per heavy atom. The molecular weight excluding hydrogens is 246 g/mol. The van der Waals surface area contributed by atoms with E-state index in [-0.39, 0.29) is 0 Å². The minimum absolute atomic E-state index is 0.891. The van der Waals surface area contributed by atoms with Crippen molar-refractivity contribution >= 4 is 43.0 Å². The van der Waals surface area contributed by atoms with Crippen LogP contribution in [0.2, 0.25) is 0 Å². The summed E-state index contributed by atoms with van der Waals surface area (Å²) in [5, 5.41) is 4.09. The van der Waals surface area contributed by atoms with E-state index in [1.54, 1.807) is 11.3 Å². The fourth-order valence-electron chi connectivity index (χ4n) is 1.44. The van der Waals surface area contributed by atoms with Gasteiger partial charge in [0.05, 0.1) is 5.69 Å². The molecule has 1 nitrogen and oxygen atoms in total. The summed E-state index contributed by atoms with van der Waals surface area (Å²) in [5.74, 6) is 0. The number of benzene rings is 1. The maximum Gasteiger partial charge on any atom is 0.0502 e. The molecule has 0 saturated carbocycles. The van der Waals surface area contributed by atoms with Crippen LogP contribution in [-0.2, 0) is 5.33 Å². The van der Waals surface area contributed by atoms with Crippen LogP contribution in [0.15, 0.2) is 17.5 Å². The molecule has 0 atom stereocenters. The van der Waals surface area contributed by atoms with Crippen LogP contribution in [0.3, 0.4) is 0 Å². The first-order valence-electron chi connectivity index (χ1n) is 4.05. The molecule has 2 aromatic rings. The van der Waals surface area contributed by atoms with E-state index in [4.69, 9.17) is 5.73 Å². The second kappa shape index (κ2) is 3.31. The average molecular weight is 256 g/mol. The topological polar surface area (TPSA) is 26.0 Å². The van der Waals surface area contributed by atoms with Crippen LogP contribution in [-0.4, -0.2) is 0 Å². The number of hydrogen-bond donors (Lipinski definition) is 1. The molecule has 2 rings (SSSR count). The van der Waals surface area contributed by atoms with E-state index >= 15 is 0 Å². The summed E-state index contributed by atoms with van der Waals surface area (Å²) in [6.07, 6.45) is 0. The Kier molecular flexibility index (Phi) is 2.30. The van der Waals surface area contributed by atoms with Gasteiger partial charge in [-0.1, -0.05) is 28.1 Å². The summed E-state index contributed by atoms with van der Waals surface area (Å²) >= 11 is 5.23. The lowest BCUT2D eigenvalue weighted by molar-refractivity contribution is 1.37. The fraction of sp³-hybridized carbons (Fsp3) is 0.200. The van der Waals surface area contributed by atoms with E-state index in [1.165, 1.54) is 21.2 Å². The normalized spacial score (nSPS) is 10.9. The van der Waals surface area contributed by atoms with E-state index in [9.17, 15) is 0 Å². The van der Waals surface area contributed by atoms with E-state index in [0.29, 0.717) is 0 Å². The molecule has 0 aliphatic carbocycles. The highest BCUT2D eigenvalue weighted by Gasteiger charge is 2.07. The molecule has 0 saturated heterocycles. The zero-order valence-corrected chi connectivity index (χ0v) is 9.71. The predicted molar refractivity (Wildman–Crippen MR) is 63.6 cm³/mol. The Morgan fingerprint density at radius 1 is 1.46 bits per heavy atom. The summed E-state index contributed by atoms with van der Waals surface area (Å²) in [6.45, 7) is 2.13. The number of anilines is 1. The van der Waals surface area contributed by atoms with Crippen LogP contribution in [0.4, 0.5) is 5.69 Å².